The summed E-state index contributed by atoms with van der Waals surface area (Å²) in [5.74, 6) is 0.401. The lowest BCUT2D eigenvalue weighted by atomic mass is 10.1. The second-order valence-corrected chi connectivity index (χ2v) is 5.07. The van der Waals surface area contributed by atoms with Crippen molar-refractivity contribution in [3.63, 3.8) is 0 Å². The van der Waals surface area contributed by atoms with E-state index in [0.29, 0.717) is 5.56 Å². The van der Waals surface area contributed by atoms with Crippen LogP contribution in [-0.2, 0) is 9.47 Å². The Bertz CT molecular complexity index is 651. The van der Waals surface area contributed by atoms with Gasteiger partial charge in [-0.25, -0.2) is 9.78 Å². The van der Waals surface area contributed by atoms with Gasteiger partial charge in [-0.15, -0.1) is 0 Å². The minimum absolute atomic E-state index is 0.242. The highest BCUT2D eigenvalue weighted by Gasteiger charge is 2.17. The molecule has 0 radical (unpaired) electrons. The van der Waals surface area contributed by atoms with Crippen molar-refractivity contribution in [3.05, 3.63) is 36.0 Å². The number of benzene rings is 1. The van der Waals surface area contributed by atoms with Crippen LogP contribution in [0.2, 0.25) is 0 Å². The molecule has 1 saturated heterocycles. The second-order valence-electron chi connectivity index (χ2n) is 5.07. The summed E-state index contributed by atoms with van der Waals surface area (Å²) >= 11 is 0. The van der Waals surface area contributed by atoms with E-state index < -0.39 is 0 Å². The molecule has 1 N–H and O–H groups in total. The summed E-state index contributed by atoms with van der Waals surface area (Å²) in [6, 6.07) is 7.69. The first kappa shape index (κ1) is 13.8. The van der Waals surface area contributed by atoms with Crippen molar-refractivity contribution in [2.24, 2.45) is 0 Å². The van der Waals surface area contributed by atoms with Gasteiger partial charge in [0.25, 0.3) is 0 Å². The van der Waals surface area contributed by atoms with E-state index in [1.54, 1.807) is 6.20 Å². The highest BCUT2D eigenvalue weighted by Crippen LogP contribution is 2.25. The van der Waals surface area contributed by atoms with E-state index in [0.717, 1.165) is 42.6 Å². The van der Waals surface area contributed by atoms with E-state index in [1.165, 1.54) is 7.11 Å². The summed E-state index contributed by atoms with van der Waals surface area (Å²) < 4.78 is 10.4. The molecule has 0 amide bonds. The first-order valence-electron chi connectivity index (χ1n) is 7.11. The van der Waals surface area contributed by atoms with Crippen molar-refractivity contribution >= 4 is 22.6 Å². The van der Waals surface area contributed by atoms with Crippen molar-refractivity contribution in [2.45, 2.75) is 18.9 Å². The van der Waals surface area contributed by atoms with E-state index in [1.807, 2.05) is 24.3 Å². The van der Waals surface area contributed by atoms with Crippen LogP contribution in [0.4, 0.5) is 5.82 Å². The van der Waals surface area contributed by atoms with Gasteiger partial charge in [-0.3, -0.25) is 0 Å². The Morgan fingerprint density at radius 1 is 1.43 bits per heavy atom. The van der Waals surface area contributed by atoms with Gasteiger partial charge in [0.1, 0.15) is 5.82 Å². The molecular weight excluding hydrogens is 268 g/mol. The monoisotopic (exact) mass is 286 g/mol. The minimum Gasteiger partial charge on any atom is -0.465 e. The van der Waals surface area contributed by atoms with Gasteiger partial charge in [-0.05, 0) is 12.8 Å². The first-order chi connectivity index (χ1) is 10.3. The summed E-state index contributed by atoms with van der Waals surface area (Å²) in [4.78, 5) is 16.2. The molecule has 3 rings (SSSR count). The highest BCUT2D eigenvalue weighted by atomic mass is 16.5. The zero-order chi connectivity index (χ0) is 14.7. The number of nitrogens with zero attached hydrogens (tertiary/aromatic N) is 1. The normalized spacial score (nSPS) is 17.9. The first-order valence-corrected chi connectivity index (χ1v) is 7.11. The number of pyridine rings is 1. The molecule has 1 aromatic carbocycles. The van der Waals surface area contributed by atoms with Crippen LogP contribution in [0, 0.1) is 0 Å². The van der Waals surface area contributed by atoms with Gasteiger partial charge in [-0.2, -0.15) is 0 Å². The summed E-state index contributed by atoms with van der Waals surface area (Å²) in [5.41, 5.74) is 0.482. The van der Waals surface area contributed by atoms with Crippen LogP contribution in [0.25, 0.3) is 10.8 Å². The van der Waals surface area contributed by atoms with E-state index in [2.05, 4.69) is 10.3 Å². The summed E-state index contributed by atoms with van der Waals surface area (Å²) in [7, 11) is 1.38. The van der Waals surface area contributed by atoms with Gasteiger partial charge < -0.3 is 14.8 Å². The third-order valence-electron chi connectivity index (χ3n) is 3.72. The molecule has 1 atom stereocenters. The van der Waals surface area contributed by atoms with Crippen molar-refractivity contribution in [1.82, 2.24) is 4.98 Å². The molecule has 0 saturated carbocycles. The van der Waals surface area contributed by atoms with Crippen molar-refractivity contribution in [1.29, 1.82) is 0 Å². The van der Waals surface area contributed by atoms with Gasteiger partial charge in [0.15, 0.2) is 0 Å². The van der Waals surface area contributed by atoms with Gasteiger partial charge in [-0.1, -0.05) is 24.3 Å². The van der Waals surface area contributed by atoms with Crippen LogP contribution in [0.5, 0.6) is 0 Å². The van der Waals surface area contributed by atoms with E-state index in [9.17, 15) is 4.79 Å². The smallest absolute Gasteiger partial charge is 0.340 e. The summed E-state index contributed by atoms with van der Waals surface area (Å²) in [5, 5.41) is 5.08. The molecule has 0 bridgehead atoms. The molecule has 2 heterocycles. The maximum atomic E-state index is 11.8. The third kappa shape index (κ3) is 2.83. The molecule has 5 nitrogen and oxygen atoms in total. The maximum Gasteiger partial charge on any atom is 0.340 e. The molecule has 1 fully saturated rings. The number of nitrogens with one attached hydrogen (secondary N) is 1. The van der Waals surface area contributed by atoms with Gasteiger partial charge >= 0.3 is 5.97 Å². The number of hydrogen-bond donors (Lipinski definition) is 1. The number of methoxy groups -OCH3 is 1. The quantitative estimate of drug-likeness (QED) is 0.875. The number of carbonyl (C=O) groups is 1. The second kappa shape index (κ2) is 6.10. The molecule has 1 unspecified atom stereocenters. The topological polar surface area (TPSA) is 60.5 Å². The Balaban J connectivity index is 1.90. The maximum absolute atomic E-state index is 11.8. The lowest BCUT2D eigenvalue weighted by Crippen LogP contribution is -2.19. The number of carbonyl (C=O) groups excluding carboxylic acids is 1. The molecule has 1 aliphatic rings. The molecule has 110 valence electrons. The van der Waals surface area contributed by atoms with E-state index in [-0.39, 0.29) is 12.1 Å². The van der Waals surface area contributed by atoms with Crippen molar-refractivity contribution < 1.29 is 14.3 Å². The fraction of sp³-hybridized carbons (Fsp3) is 0.375. The molecule has 21 heavy (non-hydrogen) atoms. The third-order valence-corrected chi connectivity index (χ3v) is 3.72. The predicted octanol–water partition coefficient (Wildman–Crippen LogP) is 2.61. The predicted molar refractivity (Wildman–Crippen MR) is 80.5 cm³/mol. The Kier molecular flexibility index (Phi) is 4.01. The average Bonchev–Trinajstić information content (AvgIpc) is 3.05. The van der Waals surface area contributed by atoms with Gasteiger partial charge in [0.05, 0.1) is 18.8 Å². The summed E-state index contributed by atoms with van der Waals surface area (Å²) in [6.45, 7) is 1.57. The summed E-state index contributed by atoms with van der Waals surface area (Å²) in [6.07, 6.45) is 3.99. The Morgan fingerprint density at radius 3 is 2.95 bits per heavy atom. The zero-order valence-corrected chi connectivity index (χ0v) is 12.0. The number of rotatable bonds is 4. The van der Waals surface area contributed by atoms with Crippen molar-refractivity contribution in [2.75, 3.05) is 25.6 Å². The Labute approximate surface area is 123 Å². The van der Waals surface area contributed by atoms with Crippen LogP contribution in [-0.4, -0.2) is 37.3 Å². The Morgan fingerprint density at radius 2 is 2.24 bits per heavy atom. The number of anilines is 1. The molecule has 5 heteroatoms. The molecule has 2 aromatic rings. The lowest BCUT2D eigenvalue weighted by Gasteiger charge is -2.14. The number of esters is 1. The largest absolute Gasteiger partial charge is 0.465 e. The average molecular weight is 286 g/mol. The number of ether oxygens (including phenoxy) is 2. The fourth-order valence-electron chi connectivity index (χ4n) is 2.62. The fourth-order valence-corrected chi connectivity index (χ4v) is 2.62. The molecule has 0 aliphatic carbocycles. The van der Waals surface area contributed by atoms with Crippen LogP contribution in [0.15, 0.2) is 30.5 Å². The molecule has 1 aromatic heterocycles. The molecule has 0 spiro atoms. The standard InChI is InChI=1S/C16H18N2O3/c1-20-16(19)14-10-18-15(13-7-3-2-6-12(13)14)17-9-11-5-4-8-21-11/h2-3,6-7,10-11H,4-5,8-9H2,1H3,(H,17,18). The number of hydrogen-bond acceptors (Lipinski definition) is 5. The van der Waals surface area contributed by atoms with Crippen LogP contribution in [0.3, 0.4) is 0 Å². The number of aromatic nitrogens is 1. The van der Waals surface area contributed by atoms with Crippen LogP contribution in [0.1, 0.15) is 23.2 Å². The van der Waals surface area contributed by atoms with Gasteiger partial charge in [0, 0.05) is 30.1 Å². The van der Waals surface area contributed by atoms with E-state index in [4.69, 9.17) is 9.47 Å². The SMILES string of the molecule is COC(=O)c1cnc(NCC2CCCO2)c2ccccc12. The molecular formula is C16H18N2O3. The lowest BCUT2D eigenvalue weighted by molar-refractivity contribution is 0.0602. The van der Waals surface area contributed by atoms with Crippen LogP contribution >= 0.6 is 0 Å². The van der Waals surface area contributed by atoms with Crippen molar-refractivity contribution in [3.8, 4) is 0 Å². The molecule has 1 aliphatic heterocycles. The highest BCUT2D eigenvalue weighted by molar-refractivity contribution is 6.07. The van der Waals surface area contributed by atoms with E-state index >= 15 is 0 Å². The van der Waals surface area contributed by atoms with Gasteiger partial charge in [0.2, 0.25) is 0 Å². The zero-order valence-electron chi connectivity index (χ0n) is 12.0. The van der Waals surface area contributed by atoms with Crippen LogP contribution < -0.4 is 5.32 Å². The Hall–Kier alpha value is -2.14. The minimum atomic E-state index is -0.371. The number of fused-ring (bicyclic) bond motifs is 1.